The van der Waals surface area contributed by atoms with Crippen molar-refractivity contribution in [1.29, 1.82) is 0 Å². The first kappa shape index (κ1) is 15.6. The summed E-state index contributed by atoms with van der Waals surface area (Å²) in [6.07, 6.45) is 3.63. The Kier molecular flexibility index (Phi) is 5.41. The molecule has 1 aromatic carbocycles. The average Bonchev–Trinajstić information content (AvgIpc) is 2.94. The smallest absolute Gasteiger partial charge is 0.230 e. The van der Waals surface area contributed by atoms with Crippen molar-refractivity contribution in [2.24, 2.45) is 0 Å². The first-order valence-corrected chi connectivity index (χ1v) is 7.72. The molecule has 1 heterocycles. The number of amides is 1. The van der Waals surface area contributed by atoms with Gasteiger partial charge in [-0.05, 0) is 31.0 Å². The summed E-state index contributed by atoms with van der Waals surface area (Å²) >= 11 is 1.38. The molecule has 1 amide bonds. The lowest BCUT2D eigenvalue weighted by Crippen LogP contribution is -2.28. The Morgan fingerprint density at radius 1 is 1.43 bits per heavy atom. The van der Waals surface area contributed by atoms with Gasteiger partial charge in [0.25, 0.3) is 0 Å². The van der Waals surface area contributed by atoms with E-state index in [-0.39, 0.29) is 24.8 Å². The highest BCUT2D eigenvalue weighted by Gasteiger charge is 2.11. The van der Waals surface area contributed by atoms with E-state index in [0.29, 0.717) is 0 Å². The second kappa shape index (κ2) is 7.28. The van der Waals surface area contributed by atoms with E-state index in [4.69, 9.17) is 5.11 Å². The van der Waals surface area contributed by atoms with E-state index in [1.54, 1.807) is 6.20 Å². The van der Waals surface area contributed by atoms with Crippen molar-refractivity contribution in [2.75, 3.05) is 18.9 Å². The van der Waals surface area contributed by atoms with Crippen molar-refractivity contribution in [3.63, 3.8) is 0 Å². The summed E-state index contributed by atoms with van der Waals surface area (Å²) in [5.41, 5.74) is 3.49. The summed E-state index contributed by atoms with van der Waals surface area (Å²) in [5.74, 6) is 0.173. The molecule has 21 heavy (non-hydrogen) atoms. The standard InChI is InChI=1S/C15H19N3O2S/c1-11-4-3-5-13(12(11)2)18-8-6-17-15(18)21-10-14(20)16-7-9-19/h3-6,8,19H,7,9-10H2,1-2H3,(H,16,20). The summed E-state index contributed by atoms with van der Waals surface area (Å²) in [4.78, 5) is 15.9. The van der Waals surface area contributed by atoms with Crippen molar-refractivity contribution in [1.82, 2.24) is 14.9 Å². The lowest BCUT2D eigenvalue weighted by Gasteiger charge is -2.12. The maximum absolute atomic E-state index is 11.6. The third-order valence-corrected chi connectivity index (χ3v) is 4.18. The molecule has 0 atom stereocenters. The van der Waals surface area contributed by atoms with Crippen LogP contribution in [0.25, 0.3) is 5.69 Å². The highest BCUT2D eigenvalue weighted by molar-refractivity contribution is 7.99. The summed E-state index contributed by atoms with van der Waals surface area (Å²) in [7, 11) is 0. The Hall–Kier alpha value is -1.79. The molecule has 1 aromatic heterocycles. The van der Waals surface area contributed by atoms with Crippen LogP contribution >= 0.6 is 11.8 Å². The molecular formula is C15H19N3O2S. The highest BCUT2D eigenvalue weighted by atomic mass is 32.2. The highest BCUT2D eigenvalue weighted by Crippen LogP contribution is 2.24. The van der Waals surface area contributed by atoms with E-state index in [2.05, 4.69) is 30.2 Å². The Morgan fingerprint density at radius 2 is 2.24 bits per heavy atom. The molecule has 2 rings (SSSR count). The minimum absolute atomic E-state index is 0.0481. The van der Waals surface area contributed by atoms with Crippen molar-refractivity contribution < 1.29 is 9.90 Å². The number of hydrogen-bond acceptors (Lipinski definition) is 4. The maximum atomic E-state index is 11.6. The zero-order chi connectivity index (χ0) is 15.2. The molecule has 0 radical (unpaired) electrons. The second-order valence-electron chi connectivity index (χ2n) is 4.66. The van der Waals surface area contributed by atoms with Crippen LogP contribution in [-0.2, 0) is 4.79 Å². The van der Waals surface area contributed by atoms with Crippen LogP contribution < -0.4 is 5.32 Å². The molecule has 2 aromatic rings. The number of benzene rings is 1. The SMILES string of the molecule is Cc1cccc(-n2ccnc2SCC(=O)NCCO)c1C. The average molecular weight is 305 g/mol. The molecule has 0 unspecified atom stereocenters. The number of carbonyl (C=O) groups excluding carboxylic acids is 1. The number of carbonyl (C=O) groups is 1. The minimum Gasteiger partial charge on any atom is -0.395 e. The van der Waals surface area contributed by atoms with E-state index in [0.717, 1.165) is 10.8 Å². The Bertz CT molecular complexity index is 625. The number of thioether (sulfide) groups is 1. The van der Waals surface area contributed by atoms with Crippen LogP contribution in [0.4, 0.5) is 0 Å². The van der Waals surface area contributed by atoms with Gasteiger partial charge in [0.1, 0.15) is 0 Å². The fraction of sp³-hybridized carbons (Fsp3) is 0.333. The van der Waals surface area contributed by atoms with Gasteiger partial charge in [-0.1, -0.05) is 23.9 Å². The number of aliphatic hydroxyl groups excluding tert-OH is 1. The van der Waals surface area contributed by atoms with Crippen LogP contribution in [0.5, 0.6) is 0 Å². The van der Waals surface area contributed by atoms with Crippen LogP contribution in [0.15, 0.2) is 35.7 Å². The summed E-state index contributed by atoms with van der Waals surface area (Å²) in [6, 6.07) is 6.13. The predicted octanol–water partition coefficient (Wildman–Crippen LogP) is 1.69. The minimum atomic E-state index is -0.107. The van der Waals surface area contributed by atoms with Crippen LogP contribution in [-0.4, -0.2) is 39.5 Å². The van der Waals surface area contributed by atoms with Crippen LogP contribution in [0.3, 0.4) is 0 Å². The number of imidazole rings is 1. The molecule has 2 N–H and O–H groups in total. The molecule has 6 heteroatoms. The number of aliphatic hydroxyl groups is 1. The van der Waals surface area contributed by atoms with Gasteiger partial charge in [0, 0.05) is 18.9 Å². The quantitative estimate of drug-likeness (QED) is 0.797. The number of rotatable bonds is 6. The lowest BCUT2D eigenvalue weighted by molar-refractivity contribution is -0.118. The molecule has 0 saturated heterocycles. The summed E-state index contributed by atoms with van der Waals surface area (Å²) in [5, 5.41) is 12.1. The molecular weight excluding hydrogens is 286 g/mol. The van der Waals surface area contributed by atoms with Gasteiger partial charge in [-0.25, -0.2) is 4.98 Å². The molecule has 5 nitrogen and oxygen atoms in total. The van der Waals surface area contributed by atoms with Crippen LogP contribution in [0.2, 0.25) is 0 Å². The molecule has 0 saturated carbocycles. The van der Waals surface area contributed by atoms with Gasteiger partial charge in [-0.2, -0.15) is 0 Å². The van der Waals surface area contributed by atoms with Gasteiger partial charge >= 0.3 is 0 Å². The summed E-state index contributed by atoms with van der Waals surface area (Å²) < 4.78 is 1.99. The first-order chi connectivity index (χ1) is 10.1. The fourth-order valence-corrected chi connectivity index (χ4v) is 2.75. The van der Waals surface area contributed by atoms with Crippen molar-refractivity contribution in [3.05, 3.63) is 41.7 Å². The van der Waals surface area contributed by atoms with E-state index < -0.39 is 0 Å². The number of nitrogens with one attached hydrogen (secondary N) is 1. The van der Waals surface area contributed by atoms with Gasteiger partial charge < -0.3 is 10.4 Å². The molecule has 0 spiro atoms. The lowest BCUT2D eigenvalue weighted by atomic mass is 10.1. The van der Waals surface area contributed by atoms with E-state index in [9.17, 15) is 4.79 Å². The van der Waals surface area contributed by atoms with E-state index in [1.807, 2.05) is 22.9 Å². The third-order valence-electron chi connectivity index (χ3n) is 3.21. The first-order valence-electron chi connectivity index (χ1n) is 6.73. The zero-order valence-electron chi connectivity index (χ0n) is 12.2. The van der Waals surface area contributed by atoms with E-state index in [1.165, 1.54) is 22.9 Å². The van der Waals surface area contributed by atoms with Crippen molar-refractivity contribution >= 4 is 17.7 Å². The van der Waals surface area contributed by atoms with Gasteiger partial charge in [0.15, 0.2) is 5.16 Å². The fourth-order valence-electron chi connectivity index (χ4n) is 1.95. The number of aromatic nitrogens is 2. The summed E-state index contributed by atoms with van der Waals surface area (Å²) in [6.45, 7) is 4.39. The van der Waals surface area contributed by atoms with Gasteiger partial charge in [0.2, 0.25) is 5.91 Å². The number of nitrogens with zero attached hydrogens (tertiary/aromatic N) is 2. The molecule has 112 valence electrons. The Morgan fingerprint density at radius 3 is 3.00 bits per heavy atom. The molecule has 0 aliphatic heterocycles. The van der Waals surface area contributed by atoms with Crippen molar-refractivity contribution in [3.8, 4) is 5.69 Å². The topological polar surface area (TPSA) is 67.2 Å². The van der Waals surface area contributed by atoms with Gasteiger partial charge in [-0.15, -0.1) is 0 Å². The number of hydrogen-bond donors (Lipinski definition) is 2. The molecule has 0 aliphatic carbocycles. The van der Waals surface area contributed by atoms with Gasteiger partial charge in [-0.3, -0.25) is 9.36 Å². The van der Waals surface area contributed by atoms with E-state index >= 15 is 0 Å². The maximum Gasteiger partial charge on any atom is 0.230 e. The normalized spacial score (nSPS) is 10.6. The second-order valence-corrected chi connectivity index (χ2v) is 5.60. The molecule has 0 aliphatic rings. The molecule has 0 fully saturated rings. The largest absolute Gasteiger partial charge is 0.395 e. The van der Waals surface area contributed by atoms with Crippen molar-refractivity contribution in [2.45, 2.75) is 19.0 Å². The zero-order valence-corrected chi connectivity index (χ0v) is 13.0. The Balaban J connectivity index is 2.12. The third kappa shape index (κ3) is 3.86. The predicted molar refractivity (Wildman–Crippen MR) is 83.9 cm³/mol. The van der Waals surface area contributed by atoms with Crippen LogP contribution in [0, 0.1) is 13.8 Å². The Labute approximate surface area is 128 Å². The van der Waals surface area contributed by atoms with Crippen LogP contribution in [0.1, 0.15) is 11.1 Å². The van der Waals surface area contributed by atoms with Gasteiger partial charge in [0.05, 0.1) is 18.0 Å². The monoisotopic (exact) mass is 305 g/mol. The molecule has 0 bridgehead atoms. The number of aryl methyl sites for hydroxylation is 1.